The third-order valence-electron chi connectivity index (χ3n) is 2.21. The Kier molecular flexibility index (Phi) is 4.26. The molecule has 1 aromatic rings. The topological polar surface area (TPSA) is 55.1 Å². The van der Waals surface area contributed by atoms with E-state index in [9.17, 15) is 9.18 Å². The van der Waals surface area contributed by atoms with Gasteiger partial charge < -0.3 is 11.1 Å². The Balaban J connectivity index is 2.77. The van der Waals surface area contributed by atoms with Gasteiger partial charge in [-0.05, 0) is 24.1 Å². The second-order valence-corrected chi connectivity index (χ2v) is 4.32. The second-order valence-electron chi connectivity index (χ2n) is 3.88. The lowest BCUT2D eigenvalue weighted by Crippen LogP contribution is -2.39. The fourth-order valence-electron chi connectivity index (χ4n) is 1.11. The average Bonchev–Trinajstić information content (AvgIpc) is 2.20. The van der Waals surface area contributed by atoms with Crippen molar-refractivity contribution in [3.63, 3.8) is 0 Å². The van der Waals surface area contributed by atoms with E-state index in [-0.39, 0.29) is 16.6 Å². The monoisotopic (exact) mass is 244 g/mol. The maximum atomic E-state index is 13.3. The highest BCUT2D eigenvalue weighted by molar-refractivity contribution is 6.30. The Morgan fingerprint density at radius 2 is 2.12 bits per heavy atom. The predicted octanol–water partition coefficient (Wildman–Crippen LogP) is 2.40. The number of hydrogen-bond donors (Lipinski definition) is 2. The minimum atomic E-state index is -0.657. The molecule has 3 nitrogen and oxygen atoms in total. The molecule has 0 spiro atoms. The van der Waals surface area contributed by atoms with Gasteiger partial charge in [0.25, 0.3) is 0 Å². The number of anilines is 1. The maximum Gasteiger partial charge on any atom is 0.241 e. The summed E-state index contributed by atoms with van der Waals surface area (Å²) in [6.45, 7) is 3.64. The normalized spacial score (nSPS) is 12.6. The number of hydrogen-bond acceptors (Lipinski definition) is 2. The first-order chi connectivity index (χ1) is 7.41. The van der Waals surface area contributed by atoms with Crippen LogP contribution in [0.15, 0.2) is 18.2 Å². The summed E-state index contributed by atoms with van der Waals surface area (Å²) in [4.78, 5) is 11.6. The molecule has 0 radical (unpaired) electrons. The molecule has 1 rings (SSSR count). The molecule has 0 saturated heterocycles. The molecule has 0 aromatic heterocycles. The van der Waals surface area contributed by atoms with E-state index in [1.807, 2.05) is 13.8 Å². The Hall–Kier alpha value is -1.13. The quantitative estimate of drug-likeness (QED) is 0.858. The van der Waals surface area contributed by atoms with Crippen LogP contribution in [0.1, 0.15) is 13.8 Å². The summed E-state index contributed by atoms with van der Waals surface area (Å²) in [6, 6.07) is 3.39. The van der Waals surface area contributed by atoms with Gasteiger partial charge in [-0.25, -0.2) is 4.39 Å². The van der Waals surface area contributed by atoms with Gasteiger partial charge >= 0.3 is 0 Å². The SMILES string of the molecule is CC(C)[C@@H](N)C(=O)Nc1ccc(Cl)cc1F. The molecule has 1 amide bonds. The molecule has 0 aliphatic heterocycles. The summed E-state index contributed by atoms with van der Waals surface area (Å²) in [5, 5.41) is 2.70. The summed E-state index contributed by atoms with van der Waals surface area (Å²) in [6.07, 6.45) is 0. The number of nitrogens with one attached hydrogen (secondary N) is 1. The largest absolute Gasteiger partial charge is 0.322 e. The fraction of sp³-hybridized carbons (Fsp3) is 0.364. The van der Waals surface area contributed by atoms with Crippen LogP contribution in [0.3, 0.4) is 0 Å². The molecule has 88 valence electrons. The van der Waals surface area contributed by atoms with Gasteiger partial charge in [-0.3, -0.25) is 4.79 Å². The van der Waals surface area contributed by atoms with Crippen molar-refractivity contribution in [1.82, 2.24) is 0 Å². The summed E-state index contributed by atoms with van der Waals surface area (Å²) in [7, 11) is 0. The van der Waals surface area contributed by atoms with Gasteiger partial charge in [0.05, 0.1) is 11.7 Å². The summed E-state index contributed by atoms with van der Waals surface area (Å²) >= 11 is 5.59. The van der Waals surface area contributed by atoms with Crippen molar-refractivity contribution in [1.29, 1.82) is 0 Å². The van der Waals surface area contributed by atoms with Crippen molar-refractivity contribution in [2.24, 2.45) is 11.7 Å². The molecule has 0 bridgehead atoms. The third kappa shape index (κ3) is 3.18. The summed E-state index contributed by atoms with van der Waals surface area (Å²) < 4.78 is 13.3. The third-order valence-corrected chi connectivity index (χ3v) is 2.45. The van der Waals surface area contributed by atoms with Crippen molar-refractivity contribution in [2.75, 3.05) is 5.32 Å². The zero-order chi connectivity index (χ0) is 12.3. The van der Waals surface area contributed by atoms with E-state index >= 15 is 0 Å². The van der Waals surface area contributed by atoms with Gasteiger partial charge in [-0.15, -0.1) is 0 Å². The van der Waals surface area contributed by atoms with Crippen LogP contribution in [0, 0.1) is 11.7 Å². The van der Waals surface area contributed by atoms with Gasteiger partial charge in [-0.2, -0.15) is 0 Å². The van der Waals surface area contributed by atoms with Gasteiger partial charge in [0.15, 0.2) is 0 Å². The zero-order valence-electron chi connectivity index (χ0n) is 9.13. The van der Waals surface area contributed by atoms with E-state index in [1.165, 1.54) is 12.1 Å². The molecule has 0 aliphatic carbocycles. The van der Waals surface area contributed by atoms with E-state index in [0.717, 1.165) is 6.07 Å². The molecule has 5 heteroatoms. The minimum Gasteiger partial charge on any atom is -0.322 e. The van der Waals surface area contributed by atoms with Crippen LogP contribution >= 0.6 is 11.6 Å². The number of carbonyl (C=O) groups excluding carboxylic acids is 1. The van der Waals surface area contributed by atoms with E-state index in [1.54, 1.807) is 0 Å². The highest BCUT2D eigenvalue weighted by Gasteiger charge is 2.18. The molecule has 0 heterocycles. The first-order valence-corrected chi connectivity index (χ1v) is 5.31. The van der Waals surface area contributed by atoms with Crippen molar-refractivity contribution in [3.05, 3.63) is 29.0 Å². The molecule has 3 N–H and O–H groups in total. The second kappa shape index (κ2) is 5.27. The molecule has 0 unspecified atom stereocenters. The number of amides is 1. The van der Waals surface area contributed by atoms with Crippen LogP contribution in [0.2, 0.25) is 5.02 Å². The smallest absolute Gasteiger partial charge is 0.241 e. The number of rotatable bonds is 3. The Morgan fingerprint density at radius 1 is 1.50 bits per heavy atom. The molecule has 0 saturated carbocycles. The highest BCUT2D eigenvalue weighted by Crippen LogP contribution is 2.19. The molecule has 1 atom stereocenters. The number of nitrogens with two attached hydrogens (primary N) is 1. The van der Waals surface area contributed by atoms with Crippen molar-refractivity contribution in [3.8, 4) is 0 Å². The maximum absolute atomic E-state index is 13.3. The molecule has 0 aliphatic rings. The number of benzene rings is 1. The van der Waals surface area contributed by atoms with Gasteiger partial charge in [0, 0.05) is 5.02 Å². The Labute approximate surface area is 98.8 Å². The fourth-order valence-corrected chi connectivity index (χ4v) is 1.27. The Bertz CT molecular complexity index is 396. The van der Waals surface area contributed by atoms with E-state index in [4.69, 9.17) is 17.3 Å². The zero-order valence-corrected chi connectivity index (χ0v) is 9.88. The van der Waals surface area contributed by atoms with Crippen LogP contribution in [0.25, 0.3) is 0 Å². The van der Waals surface area contributed by atoms with Crippen molar-refractivity contribution >= 4 is 23.2 Å². The highest BCUT2D eigenvalue weighted by atomic mass is 35.5. The standard InChI is InChI=1S/C11H14ClFN2O/c1-6(2)10(14)11(16)15-9-4-3-7(12)5-8(9)13/h3-6,10H,14H2,1-2H3,(H,15,16)/t10-/m1/s1. The summed E-state index contributed by atoms with van der Waals surface area (Å²) in [5.74, 6) is -0.983. The van der Waals surface area contributed by atoms with Crippen LogP contribution in [0.4, 0.5) is 10.1 Å². The minimum absolute atomic E-state index is 0.00429. The lowest BCUT2D eigenvalue weighted by molar-refractivity contribution is -0.118. The van der Waals surface area contributed by atoms with E-state index in [0.29, 0.717) is 0 Å². The van der Waals surface area contributed by atoms with Crippen molar-refractivity contribution < 1.29 is 9.18 Å². The molecule has 16 heavy (non-hydrogen) atoms. The van der Waals surface area contributed by atoms with Crippen LogP contribution in [0.5, 0.6) is 0 Å². The first kappa shape index (κ1) is 12.9. The molecule has 1 aromatic carbocycles. The molecular formula is C11H14ClFN2O. The Morgan fingerprint density at radius 3 is 2.62 bits per heavy atom. The van der Waals surface area contributed by atoms with Crippen molar-refractivity contribution in [2.45, 2.75) is 19.9 Å². The number of halogens is 2. The van der Waals surface area contributed by atoms with Crippen LogP contribution in [-0.4, -0.2) is 11.9 Å². The van der Waals surface area contributed by atoms with E-state index in [2.05, 4.69) is 5.32 Å². The van der Waals surface area contributed by atoms with Gasteiger partial charge in [-0.1, -0.05) is 25.4 Å². The van der Waals surface area contributed by atoms with E-state index < -0.39 is 17.8 Å². The predicted molar refractivity (Wildman–Crippen MR) is 62.9 cm³/mol. The van der Waals surface area contributed by atoms with Gasteiger partial charge in [0.1, 0.15) is 5.82 Å². The van der Waals surface area contributed by atoms with Gasteiger partial charge in [0.2, 0.25) is 5.91 Å². The lowest BCUT2D eigenvalue weighted by Gasteiger charge is -2.15. The molecular weight excluding hydrogens is 231 g/mol. The summed E-state index contributed by atoms with van der Waals surface area (Å²) in [5.41, 5.74) is 5.72. The van der Waals surface area contributed by atoms with Crippen LogP contribution in [-0.2, 0) is 4.79 Å². The molecule has 0 fully saturated rings. The number of carbonyl (C=O) groups is 1. The average molecular weight is 245 g/mol. The van der Waals surface area contributed by atoms with Crippen LogP contribution < -0.4 is 11.1 Å². The lowest BCUT2D eigenvalue weighted by atomic mass is 10.0. The first-order valence-electron chi connectivity index (χ1n) is 4.93.